The van der Waals surface area contributed by atoms with Gasteiger partial charge in [-0.15, -0.1) is 0 Å². The Balaban J connectivity index is 1.45. The predicted octanol–water partition coefficient (Wildman–Crippen LogP) is 3.16. The molecule has 7 heteroatoms. The molecule has 0 radical (unpaired) electrons. The molecule has 0 amide bonds. The number of aromatic nitrogens is 3. The zero-order chi connectivity index (χ0) is 21.4. The highest BCUT2D eigenvalue weighted by atomic mass is 16.5. The van der Waals surface area contributed by atoms with Crippen molar-refractivity contribution in [2.24, 2.45) is 11.8 Å². The van der Waals surface area contributed by atoms with Crippen LogP contribution in [0.5, 0.6) is 11.9 Å². The molecule has 31 heavy (non-hydrogen) atoms. The van der Waals surface area contributed by atoms with Gasteiger partial charge in [-0.2, -0.15) is 4.98 Å². The van der Waals surface area contributed by atoms with Crippen LogP contribution in [0.15, 0.2) is 42.7 Å². The van der Waals surface area contributed by atoms with Gasteiger partial charge in [0.25, 0.3) is 0 Å². The van der Waals surface area contributed by atoms with Crippen LogP contribution in [-0.2, 0) is 12.1 Å². The van der Waals surface area contributed by atoms with Crippen molar-refractivity contribution >= 4 is 10.9 Å². The normalized spacial score (nSPS) is 26.0. The first-order valence-electron chi connectivity index (χ1n) is 10.9. The number of pyridine rings is 1. The van der Waals surface area contributed by atoms with Gasteiger partial charge in [0.2, 0.25) is 5.88 Å². The number of benzene rings is 1. The maximum absolute atomic E-state index is 12.0. The van der Waals surface area contributed by atoms with Gasteiger partial charge in [0.1, 0.15) is 5.60 Å². The highest BCUT2D eigenvalue weighted by Crippen LogP contribution is 2.51. The number of ether oxygens (including phenoxy) is 2. The summed E-state index contributed by atoms with van der Waals surface area (Å²) < 4.78 is 10.7. The van der Waals surface area contributed by atoms with E-state index >= 15 is 0 Å². The SMILES string of the molecule is COc1ncc(C2(O)[C@H]3CCC[C@H]2CN(Cc2cccc4ncccc24)C3)c(OC)n1. The minimum Gasteiger partial charge on any atom is -0.481 e. The minimum atomic E-state index is -0.993. The molecule has 0 unspecified atom stereocenters. The molecule has 2 aromatic heterocycles. The molecule has 1 N–H and O–H groups in total. The Bertz CT molecular complexity index is 1070. The minimum absolute atomic E-state index is 0.0963. The van der Waals surface area contributed by atoms with E-state index < -0.39 is 5.60 Å². The average molecular weight is 421 g/mol. The molecule has 162 valence electrons. The first kappa shape index (κ1) is 20.2. The van der Waals surface area contributed by atoms with Gasteiger partial charge in [0, 0.05) is 49.2 Å². The average Bonchev–Trinajstić information content (AvgIpc) is 2.79. The maximum atomic E-state index is 12.0. The first-order chi connectivity index (χ1) is 15.1. The van der Waals surface area contributed by atoms with Crippen molar-refractivity contribution in [1.82, 2.24) is 19.9 Å². The van der Waals surface area contributed by atoms with E-state index in [1.165, 1.54) is 18.1 Å². The lowest BCUT2D eigenvalue weighted by Gasteiger charge is -2.53. The number of methoxy groups -OCH3 is 2. The molecule has 3 aromatic rings. The molecule has 1 aliphatic carbocycles. The number of likely N-dealkylation sites (tertiary alicyclic amines) is 1. The molecular weight excluding hydrogens is 392 g/mol. The van der Waals surface area contributed by atoms with Gasteiger partial charge in [-0.05, 0) is 30.5 Å². The summed E-state index contributed by atoms with van der Waals surface area (Å²) in [5, 5.41) is 13.2. The summed E-state index contributed by atoms with van der Waals surface area (Å²) in [6.45, 7) is 2.49. The Morgan fingerprint density at radius 1 is 1.06 bits per heavy atom. The van der Waals surface area contributed by atoms with Crippen molar-refractivity contribution in [3.05, 3.63) is 53.9 Å². The van der Waals surface area contributed by atoms with E-state index in [2.05, 4.69) is 44.1 Å². The number of hydrogen-bond donors (Lipinski definition) is 1. The van der Waals surface area contributed by atoms with Crippen LogP contribution in [0.1, 0.15) is 30.4 Å². The summed E-state index contributed by atoms with van der Waals surface area (Å²) >= 11 is 0. The van der Waals surface area contributed by atoms with E-state index in [-0.39, 0.29) is 17.8 Å². The summed E-state index contributed by atoms with van der Waals surface area (Å²) in [6, 6.07) is 10.7. The lowest BCUT2D eigenvalue weighted by Crippen LogP contribution is -2.58. The van der Waals surface area contributed by atoms with E-state index in [9.17, 15) is 5.11 Å². The lowest BCUT2D eigenvalue weighted by molar-refractivity contribution is -0.149. The van der Waals surface area contributed by atoms with Crippen LogP contribution in [0.25, 0.3) is 10.9 Å². The Labute approximate surface area is 182 Å². The van der Waals surface area contributed by atoms with Gasteiger partial charge in [-0.25, -0.2) is 4.98 Å². The second kappa shape index (κ2) is 8.05. The second-order valence-corrected chi connectivity index (χ2v) is 8.61. The Morgan fingerprint density at radius 2 is 1.87 bits per heavy atom. The van der Waals surface area contributed by atoms with Crippen molar-refractivity contribution in [3.63, 3.8) is 0 Å². The smallest absolute Gasteiger partial charge is 0.319 e. The van der Waals surface area contributed by atoms with Gasteiger partial charge < -0.3 is 14.6 Å². The topological polar surface area (TPSA) is 80.6 Å². The maximum Gasteiger partial charge on any atom is 0.319 e. The monoisotopic (exact) mass is 420 g/mol. The first-order valence-corrected chi connectivity index (χ1v) is 10.9. The van der Waals surface area contributed by atoms with Crippen LogP contribution in [0.3, 0.4) is 0 Å². The van der Waals surface area contributed by atoms with Gasteiger partial charge in [-0.3, -0.25) is 9.88 Å². The third-order valence-electron chi connectivity index (χ3n) is 6.98. The van der Waals surface area contributed by atoms with Gasteiger partial charge in [-0.1, -0.05) is 24.6 Å². The molecule has 3 heterocycles. The van der Waals surface area contributed by atoms with E-state index in [1.807, 2.05) is 12.3 Å². The third kappa shape index (κ3) is 3.42. The van der Waals surface area contributed by atoms with Crippen molar-refractivity contribution in [1.29, 1.82) is 0 Å². The second-order valence-electron chi connectivity index (χ2n) is 8.61. The van der Waals surface area contributed by atoms with Gasteiger partial charge in [0.05, 0.1) is 25.3 Å². The summed E-state index contributed by atoms with van der Waals surface area (Å²) in [7, 11) is 3.10. The fourth-order valence-electron chi connectivity index (χ4n) is 5.54. The van der Waals surface area contributed by atoms with Gasteiger partial charge in [0.15, 0.2) is 0 Å². The summed E-state index contributed by atoms with van der Waals surface area (Å²) in [5.41, 5.74) is 1.99. The number of nitrogens with zero attached hydrogens (tertiary/aromatic N) is 4. The lowest BCUT2D eigenvalue weighted by atomic mass is 9.63. The van der Waals surface area contributed by atoms with Crippen LogP contribution < -0.4 is 9.47 Å². The highest BCUT2D eigenvalue weighted by molar-refractivity contribution is 5.81. The van der Waals surface area contributed by atoms with Crippen molar-refractivity contribution in [2.45, 2.75) is 31.4 Å². The Morgan fingerprint density at radius 3 is 2.61 bits per heavy atom. The fraction of sp³-hybridized carbons (Fsp3) is 0.458. The molecule has 1 saturated carbocycles. The number of aliphatic hydroxyl groups is 1. The van der Waals surface area contributed by atoms with Crippen molar-refractivity contribution in [3.8, 4) is 11.9 Å². The van der Waals surface area contributed by atoms with Gasteiger partial charge >= 0.3 is 6.01 Å². The molecule has 1 saturated heterocycles. The molecule has 2 fully saturated rings. The van der Waals surface area contributed by atoms with Crippen LogP contribution in [0, 0.1) is 11.8 Å². The zero-order valence-corrected chi connectivity index (χ0v) is 18.0. The summed E-state index contributed by atoms with van der Waals surface area (Å²) in [5.74, 6) is 0.595. The van der Waals surface area contributed by atoms with Crippen LogP contribution >= 0.6 is 0 Å². The summed E-state index contributed by atoms with van der Waals surface area (Å²) in [6.07, 6.45) is 6.58. The van der Waals surface area contributed by atoms with Crippen molar-refractivity contribution < 1.29 is 14.6 Å². The number of rotatable bonds is 5. The van der Waals surface area contributed by atoms with E-state index in [0.29, 0.717) is 11.4 Å². The van der Waals surface area contributed by atoms with Crippen molar-refractivity contribution in [2.75, 3.05) is 27.3 Å². The number of piperidine rings is 1. The Kier molecular flexibility index (Phi) is 5.24. The number of hydrogen-bond acceptors (Lipinski definition) is 7. The highest BCUT2D eigenvalue weighted by Gasteiger charge is 2.53. The van der Waals surface area contributed by atoms with E-state index in [4.69, 9.17) is 9.47 Å². The van der Waals surface area contributed by atoms with E-state index in [1.54, 1.807) is 13.3 Å². The number of fused-ring (bicyclic) bond motifs is 3. The van der Waals surface area contributed by atoms with Crippen LogP contribution in [0.2, 0.25) is 0 Å². The molecule has 1 aromatic carbocycles. The third-order valence-corrected chi connectivity index (χ3v) is 6.98. The zero-order valence-electron chi connectivity index (χ0n) is 18.0. The molecule has 7 nitrogen and oxygen atoms in total. The standard InChI is InChI=1S/C24H28N4O3/c1-30-22-20(12-26-23(27-22)31-2)24(29)17-7-4-8-18(24)15-28(14-17)13-16-6-3-10-21-19(16)9-5-11-25-21/h3,5-6,9-12,17-18,29H,4,7-8,13-15H2,1-2H3/t17-,18-/m0/s1. The molecule has 2 bridgehead atoms. The molecule has 1 aliphatic heterocycles. The predicted molar refractivity (Wildman–Crippen MR) is 117 cm³/mol. The molecule has 2 atom stereocenters. The molecule has 5 rings (SSSR count). The van der Waals surface area contributed by atoms with E-state index in [0.717, 1.165) is 44.4 Å². The molecule has 2 aliphatic rings. The molecular formula is C24H28N4O3. The quantitative estimate of drug-likeness (QED) is 0.679. The Hall–Kier alpha value is -2.77. The molecule has 0 spiro atoms. The van der Waals surface area contributed by atoms with Crippen LogP contribution in [0.4, 0.5) is 0 Å². The summed E-state index contributed by atoms with van der Waals surface area (Å²) in [4.78, 5) is 15.6. The largest absolute Gasteiger partial charge is 0.481 e. The fourth-order valence-corrected chi connectivity index (χ4v) is 5.54. The van der Waals surface area contributed by atoms with Crippen LogP contribution in [-0.4, -0.2) is 52.3 Å².